The summed E-state index contributed by atoms with van der Waals surface area (Å²) in [6.07, 6.45) is 1.27. The molecular weight excluding hydrogens is 632 g/mol. The number of hydrazone groups is 1. The van der Waals surface area contributed by atoms with Gasteiger partial charge in [-0.2, -0.15) is 5.10 Å². The SMILES string of the molecule is CCOc1cc(/C=N\NC(=O)CN(c2cc(Cl)ccc2OC)S(=O)(=O)c2ccc(C)c([N+](=O)[O-])c2)cc(Br)c1O. The van der Waals surface area contributed by atoms with E-state index >= 15 is 0 Å². The Bertz CT molecular complexity index is 1580. The standard InChI is InChI=1S/C25H24BrClN4O8S/c1-4-39-23-10-16(9-19(26)25(23)33)13-28-29-24(32)14-30(21-11-17(27)6-8-22(21)38-3)40(36,37)18-7-5-15(2)20(12-18)31(34)35/h5-13,33H,4,14H2,1-3H3,(H,29,32)/b28-13-. The monoisotopic (exact) mass is 654 g/mol. The van der Waals surface area contributed by atoms with Gasteiger partial charge in [-0.1, -0.05) is 17.7 Å². The number of hydrogen-bond acceptors (Lipinski definition) is 9. The molecule has 0 bridgehead atoms. The fraction of sp³-hybridized carbons (Fsp3) is 0.200. The first kappa shape index (κ1) is 30.7. The van der Waals surface area contributed by atoms with Crippen molar-refractivity contribution in [3.05, 3.63) is 79.3 Å². The summed E-state index contributed by atoms with van der Waals surface area (Å²) in [7, 11) is -3.23. The van der Waals surface area contributed by atoms with E-state index in [1.807, 2.05) is 0 Å². The molecule has 0 aliphatic rings. The number of methoxy groups -OCH3 is 1. The van der Waals surface area contributed by atoms with Gasteiger partial charge in [0.2, 0.25) is 0 Å². The van der Waals surface area contributed by atoms with Crippen molar-refractivity contribution in [3.63, 3.8) is 0 Å². The van der Waals surface area contributed by atoms with Crippen molar-refractivity contribution in [2.24, 2.45) is 5.10 Å². The zero-order valence-electron chi connectivity index (χ0n) is 21.4. The highest BCUT2D eigenvalue weighted by molar-refractivity contribution is 9.10. The summed E-state index contributed by atoms with van der Waals surface area (Å²) in [5.41, 5.74) is 2.50. The van der Waals surface area contributed by atoms with E-state index in [4.69, 9.17) is 21.1 Å². The maximum Gasteiger partial charge on any atom is 0.273 e. The molecule has 0 aliphatic heterocycles. The number of nitro benzene ring substituents is 1. The number of ether oxygens (including phenoxy) is 2. The molecule has 3 aromatic carbocycles. The minimum Gasteiger partial charge on any atom is -0.503 e. The van der Waals surface area contributed by atoms with Gasteiger partial charge in [-0.05, 0) is 71.7 Å². The zero-order valence-corrected chi connectivity index (χ0v) is 24.6. The first-order valence-corrected chi connectivity index (χ1v) is 14.1. The summed E-state index contributed by atoms with van der Waals surface area (Å²) in [6.45, 7) is 2.75. The molecule has 40 heavy (non-hydrogen) atoms. The van der Waals surface area contributed by atoms with Crippen LogP contribution in [0.5, 0.6) is 17.2 Å². The van der Waals surface area contributed by atoms with Crippen LogP contribution in [0.2, 0.25) is 5.02 Å². The summed E-state index contributed by atoms with van der Waals surface area (Å²) in [5.74, 6) is -0.660. The molecule has 0 saturated heterocycles. The quantitative estimate of drug-likeness (QED) is 0.170. The van der Waals surface area contributed by atoms with Crippen LogP contribution in [0.4, 0.5) is 11.4 Å². The number of aromatic hydroxyl groups is 1. The highest BCUT2D eigenvalue weighted by Crippen LogP contribution is 2.36. The predicted molar refractivity (Wildman–Crippen MR) is 153 cm³/mol. The van der Waals surface area contributed by atoms with Crippen LogP contribution in [0, 0.1) is 17.0 Å². The number of amides is 1. The molecule has 212 valence electrons. The molecule has 0 fully saturated rings. The Morgan fingerprint density at radius 3 is 2.60 bits per heavy atom. The molecule has 0 aromatic heterocycles. The van der Waals surface area contributed by atoms with Crippen LogP contribution >= 0.6 is 27.5 Å². The smallest absolute Gasteiger partial charge is 0.273 e. The van der Waals surface area contributed by atoms with Crippen molar-refractivity contribution in [1.82, 2.24) is 5.43 Å². The van der Waals surface area contributed by atoms with Crippen molar-refractivity contribution < 1.29 is 32.7 Å². The number of aryl methyl sites for hydroxylation is 1. The molecule has 0 aliphatic carbocycles. The average Bonchev–Trinajstić information content (AvgIpc) is 2.90. The van der Waals surface area contributed by atoms with Crippen molar-refractivity contribution in [2.45, 2.75) is 18.7 Å². The lowest BCUT2D eigenvalue weighted by Crippen LogP contribution is -2.39. The van der Waals surface area contributed by atoms with E-state index in [0.717, 1.165) is 10.4 Å². The Morgan fingerprint density at radius 2 is 1.95 bits per heavy atom. The van der Waals surface area contributed by atoms with Crippen LogP contribution < -0.4 is 19.2 Å². The number of phenolic OH excluding ortho intramolecular Hbond substituents is 1. The summed E-state index contributed by atoms with van der Waals surface area (Å²) in [6, 6.07) is 10.6. The van der Waals surface area contributed by atoms with Crippen LogP contribution in [0.15, 0.2) is 63.0 Å². The second-order valence-corrected chi connectivity index (χ2v) is 11.3. The maximum absolute atomic E-state index is 13.7. The highest BCUT2D eigenvalue weighted by Gasteiger charge is 2.31. The molecule has 15 heteroatoms. The number of nitro groups is 1. The first-order valence-electron chi connectivity index (χ1n) is 11.5. The molecule has 0 atom stereocenters. The van der Waals surface area contributed by atoms with E-state index in [2.05, 4.69) is 26.5 Å². The second-order valence-electron chi connectivity index (χ2n) is 8.11. The van der Waals surface area contributed by atoms with Gasteiger partial charge in [0.1, 0.15) is 12.3 Å². The lowest BCUT2D eigenvalue weighted by atomic mass is 10.2. The van der Waals surface area contributed by atoms with Crippen LogP contribution in [0.1, 0.15) is 18.1 Å². The number of halogens is 2. The molecule has 3 aromatic rings. The molecule has 3 rings (SSSR count). The third-order valence-corrected chi connectivity index (χ3v) is 8.01. The Hall–Kier alpha value is -3.88. The number of phenols is 1. The molecule has 0 heterocycles. The minimum atomic E-state index is -4.54. The molecule has 2 N–H and O–H groups in total. The van der Waals surface area contributed by atoms with Gasteiger partial charge in [0.15, 0.2) is 11.5 Å². The summed E-state index contributed by atoms with van der Waals surface area (Å²) >= 11 is 9.34. The van der Waals surface area contributed by atoms with Crippen molar-refractivity contribution in [3.8, 4) is 17.2 Å². The molecule has 0 unspecified atom stereocenters. The van der Waals surface area contributed by atoms with Crippen LogP contribution in [0.25, 0.3) is 0 Å². The topological polar surface area (TPSA) is 161 Å². The van der Waals surface area contributed by atoms with E-state index < -0.39 is 38.0 Å². The fourth-order valence-electron chi connectivity index (χ4n) is 3.51. The number of rotatable bonds is 11. The van der Waals surface area contributed by atoms with Gasteiger partial charge in [-0.3, -0.25) is 19.2 Å². The number of anilines is 1. The summed E-state index contributed by atoms with van der Waals surface area (Å²) in [5, 5.41) is 25.5. The van der Waals surface area contributed by atoms with E-state index in [1.165, 1.54) is 62.7 Å². The molecule has 0 saturated carbocycles. The fourth-order valence-corrected chi connectivity index (χ4v) is 5.58. The lowest BCUT2D eigenvalue weighted by molar-refractivity contribution is -0.385. The van der Waals surface area contributed by atoms with Gasteiger partial charge >= 0.3 is 0 Å². The maximum atomic E-state index is 13.7. The van der Waals surface area contributed by atoms with E-state index in [1.54, 1.807) is 6.92 Å². The third-order valence-electron chi connectivity index (χ3n) is 5.42. The Morgan fingerprint density at radius 1 is 1.23 bits per heavy atom. The molecule has 0 spiro atoms. The average molecular weight is 656 g/mol. The molecule has 0 radical (unpaired) electrons. The number of nitrogens with one attached hydrogen (secondary N) is 1. The van der Waals surface area contributed by atoms with Crippen LogP contribution in [-0.2, 0) is 14.8 Å². The normalized spacial score (nSPS) is 11.3. The van der Waals surface area contributed by atoms with Crippen molar-refractivity contribution in [1.29, 1.82) is 0 Å². The van der Waals surface area contributed by atoms with Gasteiger partial charge in [-0.15, -0.1) is 0 Å². The van der Waals surface area contributed by atoms with Gasteiger partial charge in [0.05, 0.1) is 39.9 Å². The Kier molecular flexibility index (Phi) is 9.95. The van der Waals surface area contributed by atoms with Gasteiger partial charge in [0, 0.05) is 16.7 Å². The number of nitrogens with zero attached hydrogens (tertiary/aromatic N) is 3. The largest absolute Gasteiger partial charge is 0.503 e. The predicted octanol–water partition coefficient (Wildman–Crippen LogP) is 4.78. The lowest BCUT2D eigenvalue weighted by Gasteiger charge is -2.25. The number of carbonyl (C=O) groups is 1. The summed E-state index contributed by atoms with van der Waals surface area (Å²) in [4.78, 5) is 23.3. The van der Waals surface area contributed by atoms with E-state index in [9.17, 15) is 28.4 Å². The molecule has 1 amide bonds. The van der Waals surface area contributed by atoms with E-state index in [-0.39, 0.29) is 33.5 Å². The van der Waals surface area contributed by atoms with Crippen molar-refractivity contribution in [2.75, 3.05) is 24.6 Å². The Balaban J connectivity index is 1.97. The van der Waals surface area contributed by atoms with Gasteiger partial charge in [0.25, 0.3) is 21.6 Å². The Labute approximate surface area is 243 Å². The molecular formula is C25H24BrClN4O8S. The van der Waals surface area contributed by atoms with Gasteiger partial charge in [-0.25, -0.2) is 13.8 Å². The summed E-state index contributed by atoms with van der Waals surface area (Å²) < 4.78 is 39.2. The number of carbonyl (C=O) groups excluding carboxylic acids is 1. The van der Waals surface area contributed by atoms with Gasteiger partial charge < -0.3 is 14.6 Å². The first-order chi connectivity index (χ1) is 18.9. The zero-order chi connectivity index (χ0) is 29.6. The minimum absolute atomic E-state index is 0.0684. The highest BCUT2D eigenvalue weighted by atomic mass is 79.9. The van der Waals surface area contributed by atoms with E-state index in [0.29, 0.717) is 16.6 Å². The second kappa shape index (κ2) is 13.0. The number of benzene rings is 3. The van der Waals surface area contributed by atoms with Crippen LogP contribution in [0.3, 0.4) is 0 Å². The van der Waals surface area contributed by atoms with Crippen LogP contribution in [-0.4, -0.2) is 50.8 Å². The number of hydrogen-bond donors (Lipinski definition) is 2. The van der Waals surface area contributed by atoms with Crippen molar-refractivity contribution >= 4 is 61.1 Å². The molecule has 12 nitrogen and oxygen atoms in total. The number of sulfonamides is 1. The third kappa shape index (κ3) is 7.00.